The van der Waals surface area contributed by atoms with Crippen LogP contribution in [0, 0.1) is 11.8 Å². The van der Waals surface area contributed by atoms with Gasteiger partial charge >= 0.3 is 0 Å². The lowest BCUT2D eigenvalue weighted by atomic mass is 9.83. The highest BCUT2D eigenvalue weighted by molar-refractivity contribution is 5.95. The van der Waals surface area contributed by atoms with Crippen molar-refractivity contribution in [2.45, 2.75) is 63.5 Å². The molecule has 2 atom stereocenters. The Morgan fingerprint density at radius 2 is 1.59 bits per heavy atom. The van der Waals surface area contributed by atoms with Crippen LogP contribution in [-0.2, 0) is 4.79 Å². The fourth-order valence-electron chi connectivity index (χ4n) is 5.99. The highest BCUT2D eigenvalue weighted by Gasteiger charge is 2.33. The molecule has 0 bridgehead atoms. The lowest BCUT2D eigenvalue weighted by Crippen LogP contribution is -2.49. The van der Waals surface area contributed by atoms with Crippen molar-refractivity contribution < 1.29 is 9.59 Å². The van der Waals surface area contributed by atoms with E-state index in [1.54, 1.807) is 0 Å². The molecule has 1 aromatic heterocycles. The van der Waals surface area contributed by atoms with Crippen molar-refractivity contribution in [2.24, 2.45) is 11.8 Å². The Morgan fingerprint density at radius 1 is 0.872 bits per heavy atom. The first-order chi connectivity index (χ1) is 19.0. The number of hydrogen-bond donors (Lipinski definition) is 3. The Labute approximate surface area is 231 Å². The molecule has 1 heterocycles. The average Bonchev–Trinajstić information content (AvgIpc) is 2.97. The summed E-state index contributed by atoms with van der Waals surface area (Å²) in [6, 6.07) is 17.6. The number of carbonyl (C=O) groups is 2. The molecular formula is C31H40N6O2. The van der Waals surface area contributed by atoms with E-state index in [9.17, 15) is 9.59 Å². The van der Waals surface area contributed by atoms with Gasteiger partial charge in [0.05, 0.1) is 11.4 Å². The van der Waals surface area contributed by atoms with Crippen molar-refractivity contribution in [3.8, 4) is 0 Å². The van der Waals surface area contributed by atoms with E-state index in [2.05, 4.69) is 22.0 Å². The number of nitrogens with zero attached hydrogens (tertiary/aromatic N) is 3. The summed E-state index contributed by atoms with van der Waals surface area (Å²) in [5.41, 5.74) is 1.58. The first-order valence-electron chi connectivity index (χ1n) is 14.3. The second-order valence-electron chi connectivity index (χ2n) is 11.2. The standard InChI is InChI=1S/C31H40N6O2/c1-37(2)28-24-12-6-8-14-26(24)35-31(36-28)33-23-18-16-21(17-19-23)20-32-30(39)25-13-7-9-15-27(25)34-29(38)22-10-4-3-5-11-22/h3-6,8,10-12,14,21,23,25,27H,7,9,13,15-20H2,1-2H3,(H,32,39)(H,34,38)(H,33,35,36)/t21?,23?,25-,27+/m1/s1. The second-order valence-corrected chi connectivity index (χ2v) is 11.2. The van der Waals surface area contributed by atoms with Crippen molar-refractivity contribution in [3.05, 3.63) is 60.2 Å². The molecule has 5 rings (SSSR count). The molecule has 0 radical (unpaired) electrons. The maximum atomic E-state index is 13.2. The Hall–Kier alpha value is -3.68. The van der Waals surface area contributed by atoms with E-state index < -0.39 is 0 Å². The molecule has 0 spiro atoms. The van der Waals surface area contributed by atoms with Gasteiger partial charge in [0.2, 0.25) is 11.9 Å². The highest BCUT2D eigenvalue weighted by atomic mass is 16.2. The van der Waals surface area contributed by atoms with E-state index in [-0.39, 0.29) is 23.8 Å². The van der Waals surface area contributed by atoms with Crippen LogP contribution in [0.2, 0.25) is 0 Å². The van der Waals surface area contributed by atoms with E-state index in [1.165, 1.54) is 0 Å². The zero-order valence-electron chi connectivity index (χ0n) is 23.0. The lowest BCUT2D eigenvalue weighted by molar-refractivity contribution is -0.126. The van der Waals surface area contributed by atoms with Gasteiger partial charge in [0.15, 0.2) is 0 Å². The number of nitrogens with one attached hydrogen (secondary N) is 3. The molecule has 2 aromatic carbocycles. The van der Waals surface area contributed by atoms with E-state index >= 15 is 0 Å². The number of rotatable bonds is 8. The quantitative estimate of drug-likeness (QED) is 0.390. The van der Waals surface area contributed by atoms with E-state index in [1.807, 2.05) is 67.5 Å². The van der Waals surface area contributed by atoms with Crippen LogP contribution < -0.4 is 20.9 Å². The van der Waals surface area contributed by atoms with E-state index in [4.69, 9.17) is 9.97 Å². The normalized spacial score (nSPS) is 23.1. The smallest absolute Gasteiger partial charge is 0.251 e. The molecule has 0 saturated heterocycles. The van der Waals surface area contributed by atoms with Crippen molar-refractivity contribution in [1.82, 2.24) is 20.6 Å². The van der Waals surface area contributed by atoms with Crippen molar-refractivity contribution in [1.29, 1.82) is 0 Å². The summed E-state index contributed by atoms with van der Waals surface area (Å²) < 4.78 is 0. The minimum absolute atomic E-state index is 0.0779. The summed E-state index contributed by atoms with van der Waals surface area (Å²) in [5.74, 6) is 1.87. The van der Waals surface area contributed by atoms with Gasteiger partial charge in [0.25, 0.3) is 5.91 Å². The minimum Gasteiger partial charge on any atom is -0.362 e. The predicted octanol–water partition coefficient (Wildman–Crippen LogP) is 4.77. The number of amides is 2. The molecule has 0 unspecified atom stereocenters. The third-order valence-electron chi connectivity index (χ3n) is 8.21. The monoisotopic (exact) mass is 528 g/mol. The molecule has 3 aromatic rings. The van der Waals surface area contributed by atoms with Crippen LogP contribution in [0.3, 0.4) is 0 Å². The van der Waals surface area contributed by atoms with Gasteiger partial charge < -0.3 is 20.9 Å². The van der Waals surface area contributed by atoms with Gasteiger partial charge in [-0.1, -0.05) is 43.2 Å². The third kappa shape index (κ3) is 6.67. The van der Waals surface area contributed by atoms with E-state index in [0.717, 1.165) is 68.1 Å². The first kappa shape index (κ1) is 26.9. The van der Waals surface area contributed by atoms with Crippen LogP contribution in [0.1, 0.15) is 61.7 Å². The van der Waals surface area contributed by atoms with Crippen LogP contribution in [-0.4, -0.2) is 54.5 Å². The summed E-state index contributed by atoms with van der Waals surface area (Å²) in [5, 5.41) is 11.0. The molecule has 2 saturated carbocycles. The maximum absolute atomic E-state index is 13.2. The number of fused-ring (bicyclic) bond motifs is 1. The molecule has 2 fully saturated rings. The zero-order valence-corrected chi connectivity index (χ0v) is 23.0. The van der Waals surface area contributed by atoms with Crippen LogP contribution in [0.25, 0.3) is 10.9 Å². The summed E-state index contributed by atoms with van der Waals surface area (Å²) in [6.07, 6.45) is 7.87. The van der Waals surface area contributed by atoms with Crippen molar-refractivity contribution in [2.75, 3.05) is 30.9 Å². The van der Waals surface area contributed by atoms with Gasteiger partial charge in [0.1, 0.15) is 5.82 Å². The number of aromatic nitrogens is 2. The van der Waals surface area contributed by atoms with Crippen molar-refractivity contribution in [3.63, 3.8) is 0 Å². The molecule has 3 N–H and O–H groups in total. The average molecular weight is 529 g/mol. The minimum atomic E-state index is -0.166. The number of hydrogen-bond acceptors (Lipinski definition) is 6. The number of anilines is 2. The van der Waals surface area contributed by atoms with Crippen LogP contribution in [0.5, 0.6) is 0 Å². The van der Waals surface area contributed by atoms with E-state index in [0.29, 0.717) is 30.0 Å². The molecule has 39 heavy (non-hydrogen) atoms. The lowest BCUT2D eigenvalue weighted by Gasteiger charge is -2.33. The Bertz CT molecular complexity index is 1270. The largest absolute Gasteiger partial charge is 0.362 e. The van der Waals surface area contributed by atoms with Crippen molar-refractivity contribution >= 4 is 34.5 Å². The van der Waals surface area contributed by atoms with Crippen LogP contribution >= 0.6 is 0 Å². The van der Waals surface area contributed by atoms with Crippen LogP contribution in [0.4, 0.5) is 11.8 Å². The summed E-state index contributed by atoms with van der Waals surface area (Å²) in [7, 11) is 4.01. The second kappa shape index (κ2) is 12.5. The Kier molecular flexibility index (Phi) is 8.59. The highest BCUT2D eigenvalue weighted by Crippen LogP contribution is 2.29. The Balaban J connectivity index is 1.11. The third-order valence-corrected chi connectivity index (χ3v) is 8.21. The molecule has 2 aliphatic rings. The SMILES string of the molecule is CN(C)c1nc(NC2CCC(CNC(=O)[C@@H]3CCCC[C@@H]3NC(=O)c3ccccc3)CC2)nc2ccccc12. The van der Waals surface area contributed by atoms with Gasteiger partial charge in [-0.15, -0.1) is 0 Å². The van der Waals surface area contributed by atoms with Gasteiger partial charge in [-0.2, -0.15) is 4.98 Å². The summed E-state index contributed by atoms with van der Waals surface area (Å²) in [6.45, 7) is 0.693. The Morgan fingerprint density at radius 3 is 2.36 bits per heavy atom. The molecular weight excluding hydrogens is 488 g/mol. The van der Waals surface area contributed by atoms with Gasteiger partial charge in [-0.05, 0) is 68.7 Å². The molecule has 8 heteroatoms. The number of carbonyl (C=O) groups excluding carboxylic acids is 2. The fraction of sp³-hybridized carbons (Fsp3) is 0.484. The summed E-state index contributed by atoms with van der Waals surface area (Å²) in [4.78, 5) is 37.4. The number of para-hydroxylation sites is 1. The molecule has 206 valence electrons. The predicted molar refractivity (Wildman–Crippen MR) is 156 cm³/mol. The number of benzene rings is 2. The molecule has 2 aliphatic carbocycles. The van der Waals surface area contributed by atoms with Crippen LogP contribution in [0.15, 0.2) is 54.6 Å². The summed E-state index contributed by atoms with van der Waals surface area (Å²) >= 11 is 0. The molecule has 0 aliphatic heterocycles. The van der Waals surface area contributed by atoms with Gasteiger partial charge in [0, 0.05) is 43.7 Å². The fourth-order valence-corrected chi connectivity index (χ4v) is 5.99. The topological polar surface area (TPSA) is 99.3 Å². The zero-order chi connectivity index (χ0) is 27.2. The molecule has 2 amide bonds. The maximum Gasteiger partial charge on any atom is 0.251 e. The first-order valence-corrected chi connectivity index (χ1v) is 14.3. The van der Waals surface area contributed by atoms with Gasteiger partial charge in [-0.25, -0.2) is 4.98 Å². The molecule has 8 nitrogen and oxygen atoms in total. The van der Waals surface area contributed by atoms with Gasteiger partial charge in [-0.3, -0.25) is 9.59 Å².